The number of nitrogens with one attached hydrogen (secondary N) is 1. The summed E-state index contributed by atoms with van der Waals surface area (Å²) in [5, 5.41) is 3.61. The Morgan fingerprint density at radius 1 is 1.26 bits per heavy atom. The summed E-state index contributed by atoms with van der Waals surface area (Å²) in [4.78, 5) is 14.5. The second-order valence-corrected chi connectivity index (χ2v) is 6.57. The fraction of sp³-hybridized carbons (Fsp3) is 0.933. The van der Waals surface area contributed by atoms with Crippen LogP contribution in [0.5, 0.6) is 0 Å². The zero-order valence-electron chi connectivity index (χ0n) is 12.6. The van der Waals surface area contributed by atoms with Crippen LogP contribution in [0.2, 0.25) is 0 Å². The SMILES string of the molecule is CCC(C)(C)C(=O)N1CCC(C2CCCN2)CC1.Cl. The molecule has 0 aromatic carbocycles. The third-order valence-corrected chi connectivity index (χ3v) is 4.96. The van der Waals surface area contributed by atoms with Crippen LogP contribution in [-0.4, -0.2) is 36.5 Å². The van der Waals surface area contributed by atoms with Crippen molar-refractivity contribution in [1.29, 1.82) is 0 Å². The highest BCUT2D eigenvalue weighted by Gasteiger charge is 2.34. The number of piperidine rings is 1. The normalized spacial score (nSPS) is 25.2. The molecule has 0 radical (unpaired) electrons. The summed E-state index contributed by atoms with van der Waals surface area (Å²) in [6.45, 7) is 9.36. The molecule has 0 aliphatic carbocycles. The van der Waals surface area contributed by atoms with E-state index < -0.39 is 0 Å². The van der Waals surface area contributed by atoms with Gasteiger partial charge in [-0.05, 0) is 44.6 Å². The summed E-state index contributed by atoms with van der Waals surface area (Å²) in [7, 11) is 0. The van der Waals surface area contributed by atoms with Gasteiger partial charge in [-0.15, -0.1) is 12.4 Å². The van der Waals surface area contributed by atoms with Gasteiger partial charge in [-0.2, -0.15) is 0 Å². The van der Waals surface area contributed by atoms with Gasteiger partial charge in [0.25, 0.3) is 0 Å². The lowest BCUT2D eigenvalue weighted by Gasteiger charge is -2.38. The summed E-state index contributed by atoms with van der Waals surface area (Å²) in [6, 6.07) is 0.724. The minimum atomic E-state index is -0.182. The monoisotopic (exact) mass is 288 g/mol. The molecule has 1 atom stereocenters. The van der Waals surface area contributed by atoms with Crippen LogP contribution in [0.3, 0.4) is 0 Å². The molecule has 2 aliphatic rings. The molecule has 1 unspecified atom stereocenters. The standard InChI is InChI=1S/C15H28N2O.ClH/c1-4-15(2,3)14(18)17-10-7-12(8-11-17)13-6-5-9-16-13;/h12-13,16H,4-11H2,1-3H3;1H. The lowest BCUT2D eigenvalue weighted by molar-refractivity contribution is -0.142. The summed E-state index contributed by atoms with van der Waals surface area (Å²) < 4.78 is 0. The van der Waals surface area contributed by atoms with Crippen molar-refractivity contribution in [1.82, 2.24) is 10.2 Å². The Balaban J connectivity index is 0.00000180. The Labute approximate surface area is 123 Å². The van der Waals surface area contributed by atoms with Crippen molar-refractivity contribution in [2.45, 2.75) is 58.9 Å². The van der Waals surface area contributed by atoms with E-state index in [0.29, 0.717) is 5.91 Å². The Morgan fingerprint density at radius 3 is 2.37 bits per heavy atom. The van der Waals surface area contributed by atoms with Gasteiger partial charge >= 0.3 is 0 Å². The Bertz CT molecular complexity index is 293. The third-order valence-electron chi connectivity index (χ3n) is 4.96. The van der Waals surface area contributed by atoms with Gasteiger partial charge in [0.15, 0.2) is 0 Å². The molecule has 2 rings (SSSR count). The number of hydrogen-bond acceptors (Lipinski definition) is 2. The minimum absolute atomic E-state index is 0. The molecule has 19 heavy (non-hydrogen) atoms. The van der Waals surface area contributed by atoms with Gasteiger partial charge in [0, 0.05) is 24.5 Å². The van der Waals surface area contributed by atoms with Crippen LogP contribution in [-0.2, 0) is 4.79 Å². The summed E-state index contributed by atoms with van der Waals surface area (Å²) in [6.07, 6.45) is 5.95. The summed E-state index contributed by atoms with van der Waals surface area (Å²) >= 11 is 0. The predicted octanol–water partition coefficient (Wildman–Crippen LogP) is 2.84. The fourth-order valence-electron chi connectivity index (χ4n) is 3.20. The van der Waals surface area contributed by atoms with E-state index >= 15 is 0 Å². The Kier molecular flexibility index (Phi) is 6.13. The van der Waals surface area contributed by atoms with E-state index in [0.717, 1.165) is 31.5 Å². The second-order valence-electron chi connectivity index (χ2n) is 6.57. The molecule has 0 spiro atoms. The zero-order chi connectivity index (χ0) is 13.2. The number of carbonyl (C=O) groups excluding carboxylic acids is 1. The first-order valence-electron chi connectivity index (χ1n) is 7.57. The van der Waals surface area contributed by atoms with Crippen molar-refractivity contribution in [3.05, 3.63) is 0 Å². The molecule has 0 saturated carbocycles. The van der Waals surface area contributed by atoms with Crippen LogP contribution in [0.4, 0.5) is 0 Å². The van der Waals surface area contributed by atoms with Crippen molar-refractivity contribution < 1.29 is 4.79 Å². The first-order chi connectivity index (χ1) is 8.54. The molecular formula is C15H29ClN2O. The summed E-state index contributed by atoms with van der Waals surface area (Å²) in [5.74, 6) is 1.14. The average Bonchev–Trinajstić information content (AvgIpc) is 2.92. The van der Waals surface area contributed by atoms with Gasteiger partial charge in [-0.3, -0.25) is 4.79 Å². The Hall–Kier alpha value is -0.280. The van der Waals surface area contributed by atoms with E-state index in [2.05, 4.69) is 31.0 Å². The highest BCUT2D eigenvalue weighted by Crippen LogP contribution is 2.29. The molecule has 112 valence electrons. The lowest BCUT2D eigenvalue weighted by atomic mass is 9.85. The highest BCUT2D eigenvalue weighted by molar-refractivity contribution is 5.85. The topological polar surface area (TPSA) is 32.3 Å². The fourth-order valence-corrected chi connectivity index (χ4v) is 3.20. The van der Waals surface area contributed by atoms with Crippen LogP contribution in [0, 0.1) is 11.3 Å². The number of likely N-dealkylation sites (tertiary alicyclic amines) is 1. The molecule has 0 bridgehead atoms. The van der Waals surface area contributed by atoms with Gasteiger partial charge in [-0.25, -0.2) is 0 Å². The smallest absolute Gasteiger partial charge is 0.228 e. The molecule has 1 amide bonds. The van der Waals surface area contributed by atoms with E-state index in [4.69, 9.17) is 0 Å². The number of rotatable bonds is 3. The maximum atomic E-state index is 12.4. The van der Waals surface area contributed by atoms with E-state index in [1.54, 1.807) is 0 Å². The zero-order valence-corrected chi connectivity index (χ0v) is 13.4. The van der Waals surface area contributed by atoms with Crippen LogP contribution in [0.15, 0.2) is 0 Å². The maximum absolute atomic E-state index is 12.4. The molecule has 2 heterocycles. The minimum Gasteiger partial charge on any atom is -0.342 e. The molecule has 2 saturated heterocycles. The van der Waals surface area contributed by atoms with Crippen LogP contribution in [0.1, 0.15) is 52.9 Å². The molecule has 1 N–H and O–H groups in total. The van der Waals surface area contributed by atoms with Crippen LogP contribution in [0.25, 0.3) is 0 Å². The number of carbonyl (C=O) groups is 1. The number of nitrogens with zero attached hydrogens (tertiary/aromatic N) is 1. The molecule has 2 fully saturated rings. The van der Waals surface area contributed by atoms with Gasteiger partial charge in [0.05, 0.1) is 0 Å². The molecular weight excluding hydrogens is 260 g/mol. The van der Waals surface area contributed by atoms with Gasteiger partial charge in [0.2, 0.25) is 5.91 Å². The van der Waals surface area contributed by atoms with Crippen LogP contribution < -0.4 is 5.32 Å². The summed E-state index contributed by atoms with van der Waals surface area (Å²) in [5.41, 5.74) is -0.182. The molecule has 0 aromatic rings. The van der Waals surface area contributed by atoms with Gasteiger partial charge < -0.3 is 10.2 Å². The number of halogens is 1. The van der Waals surface area contributed by atoms with Crippen molar-refractivity contribution in [3.8, 4) is 0 Å². The van der Waals surface area contributed by atoms with E-state index in [1.807, 2.05) is 0 Å². The van der Waals surface area contributed by atoms with Crippen molar-refractivity contribution in [2.24, 2.45) is 11.3 Å². The largest absolute Gasteiger partial charge is 0.342 e. The van der Waals surface area contributed by atoms with Gasteiger partial charge in [0.1, 0.15) is 0 Å². The number of amides is 1. The number of hydrogen-bond donors (Lipinski definition) is 1. The molecule has 3 nitrogen and oxygen atoms in total. The third kappa shape index (κ3) is 3.85. The first kappa shape index (κ1) is 16.8. The first-order valence-corrected chi connectivity index (χ1v) is 7.57. The second kappa shape index (κ2) is 6.94. The highest BCUT2D eigenvalue weighted by atomic mass is 35.5. The quantitative estimate of drug-likeness (QED) is 0.866. The van der Waals surface area contributed by atoms with Crippen molar-refractivity contribution in [3.63, 3.8) is 0 Å². The van der Waals surface area contributed by atoms with E-state index in [9.17, 15) is 4.79 Å². The lowest BCUT2D eigenvalue weighted by Crippen LogP contribution is -2.47. The van der Waals surface area contributed by atoms with Crippen LogP contribution >= 0.6 is 12.4 Å². The molecule has 0 aromatic heterocycles. The predicted molar refractivity (Wildman–Crippen MR) is 81.6 cm³/mol. The Morgan fingerprint density at radius 2 is 1.89 bits per heavy atom. The molecule has 2 aliphatic heterocycles. The van der Waals surface area contributed by atoms with Gasteiger partial charge in [-0.1, -0.05) is 20.8 Å². The van der Waals surface area contributed by atoms with E-state index in [-0.39, 0.29) is 17.8 Å². The van der Waals surface area contributed by atoms with Crippen molar-refractivity contribution >= 4 is 18.3 Å². The average molecular weight is 289 g/mol. The maximum Gasteiger partial charge on any atom is 0.228 e. The van der Waals surface area contributed by atoms with Crippen molar-refractivity contribution in [2.75, 3.05) is 19.6 Å². The molecule has 4 heteroatoms. The van der Waals surface area contributed by atoms with E-state index in [1.165, 1.54) is 32.2 Å².